The van der Waals surface area contributed by atoms with E-state index in [1.807, 2.05) is 12.1 Å². The monoisotopic (exact) mass is 262 g/mol. The van der Waals surface area contributed by atoms with Crippen LogP contribution in [0, 0.1) is 0 Å². The predicted octanol–water partition coefficient (Wildman–Crippen LogP) is -0.528. The molecule has 1 N–H and O–H groups in total. The highest BCUT2D eigenvalue weighted by Gasteiger charge is 2.21. The van der Waals surface area contributed by atoms with Crippen molar-refractivity contribution in [1.29, 1.82) is 0 Å². The van der Waals surface area contributed by atoms with Gasteiger partial charge in [0, 0.05) is 39.1 Å². The summed E-state index contributed by atoms with van der Waals surface area (Å²) in [5.41, 5.74) is 1.03. The van der Waals surface area contributed by atoms with Gasteiger partial charge in [0.15, 0.2) is 0 Å². The number of nitrogens with one attached hydrogen (secondary N) is 1. The molecule has 0 spiro atoms. The van der Waals surface area contributed by atoms with Crippen LogP contribution in [0.1, 0.15) is 5.56 Å². The summed E-state index contributed by atoms with van der Waals surface area (Å²) in [5.74, 6) is -0.0658. The molecule has 0 unspecified atom stereocenters. The van der Waals surface area contributed by atoms with Gasteiger partial charge in [-0.25, -0.2) is 0 Å². The lowest BCUT2D eigenvalue weighted by atomic mass is 10.2. The fourth-order valence-electron chi connectivity index (χ4n) is 1.95. The number of hydrogen-bond acceptors (Lipinski definition) is 4. The Morgan fingerprint density at radius 2 is 2.21 bits per heavy atom. The molecule has 6 nitrogen and oxygen atoms in total. The van der Waals surface area contributed by atoms with Crippen molar-refractivity contribution in [1.82, 2.24) is 20.1 Å². The second-order valence-corrected chi connectivity index (χ2v) is 4.60. The van der Waals surface area contributed by atoms with E-state index in [9.17, 15) is 9.59 Å². The predicted molar refractivity (Wildman–Crippen MR) is 70.2 cm³/mol. The molecular weight excluding hydrogens is 244 g/mol. The number of amides is 2. The van der Waals surface area contributed by atoms with Gasteiger partial charge in [0.2, 0.25) is 11.8 Å². The number of likely N-dealkylation sites (N-methyl/N-ethyl adjacent to an activating group) is 1. The summed E-state index contributed by atoms with van der Waals surface area (Å²) in [6, 6.07) is 3.75. The molecule has 0 aromatic carbocycles. The SMILES string of the molecule is CN(Cc1ccncc1)C(=O)CN1CCNCC1=O. The molecule has 0 aliphatic carbocycles. The highest BCUT2D eigenvalue weighted by atomic mass is 16.2. The van der Waals surface area contributed by atoms with Crippen LogP contribution < -0.4 is 5.32 Å². The maximum Gasteiger partial charge on any atom is 0.242 e. The first kappa shape index (κ1) is 13.5. The van der Waals surface area contributed by atoms with E-state index < -0.39 is 0 Å². The summed E-state index contributed by atoms with van der Waals surface area (Å²) in [5, 5.41) is 2.98. The average molecular weight is 262 g/mol. The van der Waals surface area contributed by atoms with Crippen molar-refractivity contribution >= 4 is 11.8 Å². The van der Waals surface area contributed by atoms with Crippen molar-refractivity contribution in [3.8, 4) is 0 Å². The van der Waals surface area contributed by atoms with Gasteiger partial charge in [-0.15, -0.1) is 0 Å². The minimum atomic E-state index is -0.0490. The summed E-state index contributed by atoms with van der Waals surface area (Å²) < 4.78 is 0. The fraction of sp³-hybridized carbons (Fsp3) is 0.462. The van der Waals surface area contributed by atoms with Crippen LogP contribution in [-0.4, -0.2) is 59.8 Å². The molecule has 2 heterocycles. The van der Waals surface area contributed by atoms with Crippen LogP contribution in [0.3, 0.4) is 0 Å². The van der Waals surface area contributed by atoms with Crippen LogP contribution in [0.2, 0.25) is 0 Å². The Hall–Kier alpha value is -1.95. The normalized spacial score (nSPS) is 15.4. The first-order valence-corrected chi connectivity index (χ1v) is 6.28. The molecule has 1 aliphatic heterocycles. The standard InChI is InChI=1S/C13H18N4O2/c1-16(9-11-2-4-14-5-3-11)13(19)10-17-7-6-15-8-12(17)18/h2-5,15H,6-10H2,1H3. The van der Waals surface area contributed by atoms with Gasteiger partial charge in [-0.2, -0.15) is 0 Å². The zero-order valence-corrected chi connectivity index (χ0v) is 11.0. The number of piperazine rings is 1. The third-order valence-corrected chi connectivity index (χ3v) is 3.11. The smallest absolute Gasteiger partial charge is 0.242 e. The van der Waals surface area contributed by atoms with E-state index in [4.69, 9.17) is 0 Å². The van der Waals surface area contributed by atoms with Gasteiger partial charge >= 0.3 is 0 Å². The van der Waals surface area contributed by atoms with Crippen LogP contribution >= 0.6 is 0 Å². The van der Waals surface area contributed by atoms with E-state index in [1.165, 1.54) is 0 Å². The third-order valence-electron chi connectivity index (χ3n) is 3.11. The number of nitrogens with zero attached hydrogens (tertiary/aromatic N) is 3. The van der Waals surface area contributed by atoms with E-state index in [0.29, 0.717) is 19.6 Å². The average Bonchev–Trinajstić information content (AvgIpc) is 2.42. The Morgan fingerprint density at radius 1 is 1.47 bits per heavy atom. The van der Waals surface area contributed by atoms with Gasteiger partial charge in [0.1, 0.15) is 0 Å². The van der Waals surface area contributed by atoms with Crippen molar-refractivity contribution in [2.24, 2.45) is 0 Å². The lowest BCUT2D eigenvalue weighted by molar-refractivity contribution is -0.140. The van der Waals surface area contributed by atoms with E-state index in [1.54, 1.807) is 29.2 Å². The van der Waals surface area contributed by atoms with Crippen LogP contribution in [0.25, 0.3) is 0 Å². The molecule has 2 rings (SSSR count). The molecule has 0 bridgehead atoms. The van der Waals surface area contributed by atoms with Gasteiger partial charge in [-0.05, 0) is 17.7 Å². The van der Waals surface area contributed by atoms with Crippen molar-refractivity contribution < 1.29 is 9.59 Å². The summed E-state index contributed by atoms with van der Waals surface area (Å²) in [4.78, 5) is 30.8. The lowest BCUT2D eigenvalue weighted by Crippen LogP contribution is -2.51. The van der Waals surface area contributed by atoms with Gasteiger partial charge in [0.05, 0.1) is 13.1 Å². The number of aromatic nitrogens is 1. The van der Waals surface area contributed by atoms with Crippen LogP contribution in [0.5, 0.6) is 0 Å². The van der Waals surface area contributed by atoms with Crippen molar-refractivity contribution in [2.75, 3.05) is 33.2 Å². The highest BCUT2D eigenvalue weighted by Crippen LogP contribution is 2.03. The van der Waals surface area contributed by atoms with Gasteiger partial charge in [-0.1, -0.05) is 0 Å². The molecule has 2 amide bonds. The maximum atomic E-state index is 12.1. The van der Waals surface area contributed by atoms with Crippen LogP contribution in [0.4, 0.5) is 0 Å². The maximum absolute atomic E-state index is 12.1. The zero-order valence-electron chi connectivity index (χ0n) is 11.0. The fourth-order valence-corrected chi connectivity index (χ4v) is 1.95. The Labute approximate surface area is 112 Å². The van der Waals surface area contributed by atoms with E-state index in [-0.39, 0.29) is 18.4 Å². The summed E-state index contributed by atoms with van der Waals surface area (Å²) in [7, 11) is 1.75. The Morgan fingerprint density at radius 3 is 2.89 bits per heavy atom. The molecule has 1 aliphatic rings. The minimum absolute atomic E-state index is 0.0167. The Bertz CT molecular complexity index is 449. The van der Waals surface area contributed by atoms with Crippen molar-refractivity contribution in [3.63, 3.8) is 0 Å². The van der Waals surface area contributed by atoms with E-state index >= 15 is 0 Å². The molecule has 1 saturated heterocycles. The van der Waals surface area contributed by atoms with Crippen molar-refractivity contribution in [3.05, 3.63) is 30.1 Å². The van der Waals surface area contributed by atoms with Gasteiger partial charge in [0.25, 0.3) is 0 Å². The molecule has 1 aromatic heterocycles. The van der Waals surface area contributed by atoms with E-state index in [2.05, 4.69) is 10.3 Å². The third kappa shape index (κ3) is 3.75. The topological polar surface area (TPSA) is 65.5 Å². The number of carbonyl (C=O) groups excluding carboxylic acids is 2. The molecular formula is C13H18N4O2. The zero-order chi connectivity index (χ0) is 13.7. The Kier molecular flexibility index (Phi) is 4.46. The summed E-state index contributed by atoms with van der Waals surface area (Å²) >= 11 is 0. The summed E-state index contributed by atoms with van der Waals surface area (Å²) in [6.45, 7) is 2.34. The quantitative estimate of drug-likeness (QED) is 0.792. The van der Waals surface area contributed by atoms with Gasteiger partial charge in [-0.3, -0.25) is 14.6 Å². The minimum Gasteiger partial charge on any atom is -0.340 e. The number of pyridine rings is 1. The molecule has 0 saturated carbocycles. The number of carbonyl (C=O) groups is 2. The first-order valence-electron chi connectivity index (χ1n) is 6.28. The van der Waals surface area contributed by atoms with Crippen molar-refractivity contribution in [2.45, 2.75) is 6.54 Å². The second kappa shape index (κ2) is 6.29. The van der Waals surface area contributed by atoms with Gasteiger partial charge < -0.3 is 15.1 Å². The molecule has 6 heteroatoms. The largest absolute Gasteiger partial charge is 0.340 e. The molecule has 0 radical (unpaired) electrons. The number of hydrogen-bond donors (Lipinski definition) is 1. The van der Waals surface area contributed by atoms with Crippen LogP contribution in [0.15, 0.2) is 24.5 Å². The second-order valence-electron chi connectivity index (χ2n) is 4.60. The Balaban J connectivity index is 1.87. The molecule has 0 atom stereocenters. The lowest BCUT2D eigenvalue weighted by Gasteiger charge is -2.28. The molecule has 102 valence electrons. The number of rotatable bonds is 4. The van der Waals surface area contributed by atoms with Crippen LogP contribution in [-0.2, 0) is 16.1 Å². The molecule has 1 fully saturated rings. The summed E-state index contributed by atoms with van der Waals surface area (Å²) in [6.07, 6.45) is 3.40. The molecule has 1 aromatic rings. The van der Waals surface area contributed by atoms with E-state index in [0.717, 1.165) is 12.1 Å². The first-order chi connectivity index (χ1) is 9.16. The molecule has 19 heavy (non-hydrogen) atoms. The highest BCUT2D eigenvalue weighted by molar-refractivity contribution is 5.86.